The molecule has 1 aromatic carbocycles. The lowest BCUT2D eigenvalue weighted by Gasteiger charge is -2.16. The Balaban J connectivity index is 2.29. The molecular weight excluding hydrogens is 221 g/mol. The van der Waals surface area contributed by atoms with Crippen molar-refractivity contribution in [2.24, 2.45) is 5.92 Å². The van der Waals surface area contributed by atoms with Crippen molar-refractivity contribution in [1.29, 1.82) is 0 Å². The van der Waals surface area contributed by atoms with Crippen LogP contribution in [-0.2, 0) is 4.79 Å². The Labute approximate surface area is 89.6 Å². The van der Waals surface area contributed by atoms with Crippen LogP contribution in [0.5, 0.6) is 0 Å². The lowest BCUT2D eigenvalue weighted by atomic mass is 10.1. The molecular formula is C10H9F3N2O. The Morgan fingerprint density at radius 3 is 2.44 bits per heavy atom. The molecule has 2 rings (SSSR count). The average Bonchev–Trinajstić information content (AvgIpc) is 2.34. The van der Waals surface area contributed by atoms with Gasteiger partial charge in [0.2, 0.25) is 5.91 Å². The highest BCUT2D eigenvalue weighted by Gasteiger charge is 2.45. The van der Waals surface area contributed by atoms with Gasteiger partial charge in [0.1, 0.15) is 0 Å². The maximum Gasteiger partial charge on any atom is 0.402 e. The third-order valence-corrected chi connectivity index (χ3v) is 2.39. The Morgan fingerprint density at radius 1 is 1.19 bits per heavy atom. The first kappa shape index (κ1) is 10.8. The van der Waals surface area contributed by atoms with Crippen LogP contribution in [0.25, 0.3) is 0 Å². The second kappa shape index (κ2) is 3.70. The molecule has 1 unspecified atom stereocenters. The average molecular weight is 230 g/mol. The van der Waals surface area contributed by atoms with Gasteiger partial charge in [0.15, 0.2) is 5.92 Å². The van der Waals surface area contributed by atoms with E-state index in [4.69, 9.17) is 0 Å². The smallest absolute Gasteiger partial charge is 0.382 e. The first-order valence-corrected chi connectivity index (χ1v) is 4.69. The number of fused-ring (bicyclic) bond motifs is 1. The topological polar surface area (TPSA) is 41.1 Å². The largest absolute Gasteiger partial charge is 0.402 e. The maximum atomic E-state index is 12.5. The number of hydrogen-bond acceptors (Lipinski definition) is 2. The molecule has 0 aliphatic carbocycles. The number of nitrogens with one attached hydrogen (secondary N) is 2. The number of carbonyl (C=O) groups excluding carboxylic acids is 1. The third-order valence-electron chi connectivity index (χ3n) is 2.39. The highest BCUT2D eigenvalue weighted by Crippen LogP contribution is 2.32. The molecule has 1 heterocycles. The molecule has 2 N–H and O–H groups in total. The van der Waals surface area contributed by atoms with E-state index in [9.17, 15) is 18.0 Å². The van der Waals surface area contributed by atoms with E-state index < -0.39 is 24.5 Å². The van der Waals surface area contributed by atoms with E-state index in [1.165, 1.54) is 0 Å². The van der Waals surface area contributed by atoms with Crippen molar-refractivity contribution >= 4 is 17.3 Å². The van der Waals surface area contributed by atoms with Gasteiger partial charge < -0.3 is 10.6 Å². The van der Waals surface area contributed by atoms with E-state index in [0.717, 1.165) is 0 Å². The van der Waals surface area contributed by atoms with Gasteiger partial charge >= 0.3 is 6.18 Å². The molecule has 3 nitrogen and oxygen atoms in total. The fraction of sp³-hybridized carbons (Fsp3) is 0.300. The molecule has 1 aliphatic rings. The van der Waals surface area contributed by atoms with Gasteiger partial charge in [0.25, 0.3) is 0 Å². The number of hydrogen-bond donors (Lipinski definition) is 2. The number of rotatable bonds is 0. The summed E-state index contributed by atoms with van der Waals surface area (Å²) in [7, 11) is 0. The molecule has 0 bridgehead atoms. The summed E-state index contributed by atoms with van der Waals surface area (Å²) in [6.07, 6.45) is -4.53. The first-order valence-electron chi connectivity index (χ1n) is 4.69. The molecule has 1 aromatic rings. The van der Waals surface area contributed by atoms with Crippen molar-refractivity contribution in [3.8, 4) is 0 Å². The van der Waals surface area contributed by atoms with Crippen LogP contribution >= 0.6 is 0 Å². The molecule has 6 heteroatoms. The Hall–Kier alpha value is -1.72. The van der Waals surface area contributed by atoms with Gasteiger partial charge in [-0.3, -0.25) is 4.79 Å². The summed E-state index contributed by atoms with van der Waals surface area (Å²) in [5.74, 6) is -3.04. The van der Waals surface area contributed by atoms with Crippen molar-refractivity contribution in [1.82, 2.24) is 0 Å². The summed E-state index contributed by atoms with van der Waals surface area (Å²) in [6, 6.07) is 6.51. The summed E-state index contributed by atoms with van der Waals surface area (Å²) in [5.41, 5.74) is 0.877. The number of amides is 1. The normalized spacial score (nSPS) is 20.4. The van der Waals surface area contributed by atoms with Crippen LogP contribution in [0.1, 0.15) is 0 Å². The monoisotopic (exact) mass is 230 g/mol. The van der Waals surface area contributed by atoms with Crippen LogP contribution in [-0.4, -0.2) is 18.6 Å². The van der Waals surface area contributed by atoms with E-state index >= 15 is 0 Å². The molecule has 0 saturated carbocycles. The van der Waals surface area contributed by atoms with Crippen molar-refractivity contribution in [3.63, 3.8) is 0 Å². The number of carbonyl (C=O) groups is 1. The van der Waals surface area contributed by atoms with Gasteiger partial charge in [0, 0.05) is 6.54 Å². The zero-order valence-electron chi connectivity index (χ0n) is 8.14. The minimum Gasteiger partial charge on any atom is -0.382 e. The minimum absolute atomic E-state index is 0.374. The summed E-state index contributed by atoms with van der Waals surface area (Å²) in [5, 5.41) is 4.87. The Morgan fingerprint density at radius 2 is 1.81 bits per heavy atom. The predicted octanol–water partition coefficient (Wildman–Crippen LogP) is 2.23. The van der Waals surface area contributed by atoms with Gasteiger partial charge in [-0.25, -0.2) is 0 Å². The first-order chi connectivity index (χ1) is 7.48. The summed E-state index contributed by atoms with van der Waals surface area (Å²) in [6.45, 7) is -0.438. The van der Waals surface area contributed by atoms with Gasteiger partial charge in [-0.1, -0.05) is 12.1 Å². The van der Waals surface area contributed by atoms with Crippen LogP contribution < -0.4 is 10.6 Å². The Bertz CT molecular complexity index is 417. The minimum atomic E-state index is -4.53. The summed E-state index contributed by atoms with van der Waals surface area (Å²) >= 11 is 0. The summed E-state index contributed by atoms with van der Waals surface area (Å²) in [4.78, 5) is 11.4. The summed E-state index contributed by atoms with van der Waals surface area (Å²) < 4.78 is 37.5. The van der Waals surface area contributed by atoms with Crippen molar-refractivity contribution in [3.05, 3.63) is 24.3 Å². The van der Waals surface area contributed by atoms with Gasteiger partial charge in [-0.05, 0) is 12.1 Å². The van der Waals surface area contributed by atoms with E-state index in [2.05, 4.69) is 10.6 Å². The number of benzene rings is 1. The second-order valence-electron chi connectivity index (χ2n) is 3.51. The quantitative estimate of drug-likeness (QED) is 0.717. The van der Waals surface area contributed by atoms with Gasteiger partial charge in [-0.2, -0.15) is 13.2 Å². The standard InChI is InChI=1S/C10H9F3N2O/c11-10(12,13)6-5-14-7-3-1-2-4-8(7)15-9(6)16/h1-4,6,14H,5H2,(H,15,16). The van der Waals surface area contributed by atoms with Crippen LogP contribution in [0.15, 0.2) is 24.3 Å². The number of para-hydroxylation sites is 2. The molecule has 0 fully saturated rings. The number of anilines is 2. The highest BCUT2D eigenvalue weighted by molar-refractivity contribution is 5.97. The third kappa shape index (κ3) is 1.95. The molecule has 0 saturated heterocycles. The lowest BCUT2D eigenvalue weighted by Crippen LogP contribution is -2.38. The molecule has 0 aromatic heterocycles. The van der Waals surface area contributed by atoms with Crippen LogP contribution in [0.3, 0.4) is 0 Å². The molecule has 0 spiro atoms. The van der Waals surface area contributed by atoms with E-state index in [1.54, 1.807) is 24.3 Å². The SMILES string of the molecule is O=C1Nc2ccccc2NCC1C(F)(F)F. The zero-order chi connectivity index (χ0) is 11.8. The van der Waals surface area contributed by atoms with E-state index in [0.29, 0.717) is 11.4 Å². The predicted molar refractivity (Wildman–Crippen MR) is 53.1 cm³/mol. The molecule has 1 atom stereocenters. The number of alkyl halides is 3. The molecule has 0 radical (unpaired) electrons. The molecule has 86 valence electrons. The van der Waals surface area contributed by atoms with Crippen molar-refractivity contribution in [2.75, 3.05) is 17.2 Å². The van der Waals surface area contributed by atoms with Crippen LogP contribution in [0.2, 0.25) is 0 Å². The highest BCUT2D eigenvalue weighted by atomic mass is 19.4. The molecule has 1 amide bonds. The fourth-order valence-corrected chi connectivity index (χ4v) is 1.54. The van der Waals surface area contributed by atoms with Crippen molar-refractivity contribution < 1.29 is 18.0 Å². The second-order valence-corrected chi connectivity index (χ2v) is 3.51. The molecule has 1 aliphatic heterocycles. The van der Waals surface area contributed by atoms with Crippen molar-refractivity contribution in [2.45, 2.75) is 6.18 Å². The van der Waals surface area contributed by atoms with Crippen LogP contribution in [0.4, 0.5) is 24.5 Å². The zero-order valence-corrected chi connectivity index (χ0v) is 8.14. The maximum absolute atomic E-state index is 12.5. The van der Waals surface area contributed by atoms with Gasteiger partial charge in [-0.15, -0.1) is 0 Å². The van der Waals surface area contributed by atoms with Gasteiger partial charge in [0.05, 0.1) is 11.4 Å². The lowest BCUT2D eigenvalue weighted by molar-refractivity contribution is -0.176. The fourth-order valence-electron chi connectivity index (χ4n) is 1.54. The van der Waals surface area contributed by atoms with E-state index in [1.807, 2.05) is 0 Å². The van der Waals surface area contributed by atoms with E-state index in [-0.39, 0.29) is 0 Å². The van der Waals surface area contributed by atoms with Crippen LogP contribution in [0, 0.1) is 5.92 Å². The Kier molecular flexibility index (Phi) is 2.49. The number of halogens is 3. The molecule has 16 heavy (non-hydrogen) atoms.